The van der Waals surface area contributed by atoms with Gasteiger partial charge in [0, 0.05) is 31.7 Å². The predicted octanol–water partition coefficient (Wildman–Crippen LogP) is 2.19. The smallest absolute Gasteiger partial charge is 0.194 e. The van der Waals surface area contributed by atoms with Gasteiger partial charge in [0.1, 0.15) is 5.75 Å². The highest BCUT2D eigenvalue weighted by Crippen LogP contribution is 2.19. The van der Waals surface area contributed by atoms with Crippen LogP contribution < -0.4 is 10.1 Å². The van der Waals surface area contributed by atoms with Crippen LogP contribution in [0.25, 0.3) is 0 Å². The number of likely N-dealkylation sites (N-methyl/N-ethyl adjacent to an activating group) is 1. The maximum atomic E-state index is 5.45. The first-order valence-electron chi connectivity index (χ1n) is 8.47. The Hall–Kier alpha value is -1.75. The molecule has 0 aromatic heterocycles. The van der Waals surface area contributed by atoms with Crippen molar-refractivity contribution < 1.29 is 4.74 Å². The number of methoxy groups -OCH3 is 1. The lowest BCUT2D eigenvalue weighted by atomic mass is 10.2. The summed E-state index contributed by atoms with van der Waals surface area (Å²) in [7, 11) is 5.99. The number of ether oxygens (including phenoxy) is 1. The Kier molecular flexibility index (Phi) is 6.71. The Morgan fingerprint density at radius 2 is 2.22 bits per heavy atom. The van der Waals surface area contributed by atoms with Gasteiger partial charge in [-0.25, -0.2) is 0 Å². The van der Waals surface area contributed by atoms with Crippen LogP contribution in [0.3, 0.4) is 0 Å². The monoisotopic (exact) mass is 318 g/mol. The summed E-state index contributed by atoms with van der Waals surface area (Å²) in [6.45, 7) is 5.79. The molecular weight excluding hydrogens is 288 g/mol. The molecule has 1 atom stereocenters. The molecular formula is C18H30N4O. The molecule has 2 rings (SSSR count). The molecule has 1 saturated heterocycles. The van der Waals surface area contributed by atoms with Gasteiger partial charge in [-0.2, -0.15) is 0 Å². The third kappa shape index (κ3) is 4.86. The summed E-state index contributed by atoms with van der Waals surface area (Å²) in [6, 6.07) is 8.72. The SMILES string of the molecule is CCNC(=NCC1CCCN1C)N(C)Cc1ccccc1OC. The van der Waals surface area contributed by atoms with Crippen LogP contribution in [0.1, 0.15) is 25.3 Å². The van der Waals surface area contributed by atoms with Crippen molar-refractivity contribution in [1.82, 2.24) is 15.1 Å². The van der Waals surface area contributed by atoms with E-state index in [1.54, 1.807) is 7.11 Å². The lowest BCUT2D eigenvalue weighted by Crippen LogP contribution is -2.39. The van der Waals surface area contributed by atoms with Crippen molar-refractivity contribution in [2.75, 3.05) is 40.8 Å². The van der Waals surface area contributed by atoms with Crippen LogP contribution in [0, 0.1) is 0 Å². The Labute approximate surface area is 140 Å². The zero-order valence-corrected chi connectivity index (χ0v) is 14.9. The number of benzene rings is 1. The number of guanidine groups is 1. The number of aliphatic imine (C=N–C) groups is 1. The topological polar surface area (TPSA) is 40.1 Å². The minimum Gasteiger partial charge on any atom is -0.496 e. The minimum absolute atomic E-state index is 0.573. The Morgan fingerprint density at radius 1 is 1.43 bits per heavy atom. The fourth-order valence-electron chi connectivity index (χ4n) is 3.04. The molecule has 0 spiro atoms. The van der Waals surface area contributed by atoms with E-state index in [2.05, 4.69) is 42.2 Å². The van der Waals surface area contributed by atoms with E-state index in [1.165, 1.54) is 24.9 Å². The number of para-hydroxylation sites is 1. The number of rotatable bonds is 6. The quantitative estimate of drug-likeness (QED) is 0.645. The molecule has 1 fully saturated rings. The van der Waals surface area contributed by atoms with E-state index in [-0.39, 0.29) is 0 Å². The molecule has 1 aliphatic heterocycles. The number of nitrogens with one attached hydrogen (secondary N) is 1. The molecule has 5 heteroatoms. The summed E-state index contributed by atoms with van der Waals surface area (Å²) in [5.41, 5.74) is 1.17. The molecule has 0 saturated carbocycles. The van der Waals surface area contributed by atoms with E-state index >= 15 is 0 Å². The van der Waals surface area contributed by atoms with Gasteiger partial charge in [-0.1, -0.05) is 18.2 Å². The molecule has 5 nitrogen and oxygen atoms in total. The summed E-state index contributed by atoms with van der Waals surface area (Å²) in [4.78, 5) is 9.42. The fraction of sp³-hybridized carbons (Fsp3) is 0.611. The van der Waals surface area contributed by atoms with Crippen molar-refractivity contribution in [2.45, 2.75) is 32.4 Å². The van der Waals surface area contributed by atoms with E-state index in [0.29, 0.717) is 6.04 Å². The normalized spacial score (nSPS) is 19.0. The molecule has 0 radical (unpaired) electrons. The van der Waals surface area contributed by atoms with Crippen LogP contribution in [0.2, 0.25) is 0 Å². The highest BCUT2D eigenvalue weighted by atomic mass is 16.5. The molecule has 0 bridgehead atoms. The predicted molar refractivity (Wildman–Crippen MR) is 96.1 cm³/mol. The van der Waals surface area contributed by atoms with Crippen LogP contribution >= 0.6 is 0 Å². The maximum Gasteiger partial charge on any atom is 0.194 e. The van der Waals surface area contributed by atoms with Gasteiger partial charge in [0.05, 0.1) is 13.7 Å². The molecule has 1 N–H and O–H groups in total. The molecule has 1 aliphatic rings. The van der Waals surface area contributed by atoms with E-state index in [9.17, 15) is 0 Å². The Balaban J connectivity index is 2.03. The highest BCUT2D eigenvalue weighted by molar-refractivity contribution is 5.79. The number of hydrogen-bond donors (Lipinski definition) is 1. The molecule has 23 heavy (non-hydrogen) atoms. The molecule has 1 heterocycles. The van der Waals surface area contributed by atoms with Gasteiger partial charge in [0.15, 0.2) is 5.96 Å². The molecule has 1 aromatic rings. The third-order valence-electron chi connectivity index (χ3n) is 4.42. The van der Waals surface area contributed by atoms with Crippen molar-refractivity contribution in [3.05, 3.63) is 29.8 Å². The van der Waals surface area contributed by atoms with Gasteiger partial charge >= 0.3 is 0 Å². The highest BCUT2D eigenvalue weighted by Gasteiger charge is 2.20. The van der Waals surface area contributed by atoms with Gasteiger partial charge in [-0.05, 0) is 39.4 Å². The zero-order valence-electron chi connectivity index (χ0n) is 14.9. The van der Waals surface area contributed by atoms with Gasteiger partial charge in [0.2, 0.25) is 0 Å². The van der Waals surface area contributed by atoms with Crippen molar-refractivity contribution in [2.24, 2.45) is 4.99 Å². The zero-order chi connectivity index (χ0) is 16.7. The standard InChI is InChI=1S/C18H30N4O/c1-5-19-18(20-13-16-10-8-12-21(16)2)22(3)14-15-9-6-7-11-17(15)23-4/h6-7,9,11,16H,5,8,10,12-14H2,1-4H3,(H,19,20). The van der Waals surface area contributed by atoms with Crippen LogP contribution in [-0.2, 0) is 6.54 Å². The van der Waals surface area contributed by atoms with Crippen molar-refractivity contribution >= 4 is 5.96 Å². The largest absolute Gasteiger partial charge is 0.496 e. The first-order valence-corrected chi connectivity index (χ1v) is 8.47. The van der Waals surface area contributed by atoms with Crippen molar-refractivity contribution in [3.8, 4) is 5.75 Å². The molecule has 128 valence electrons. The molecule has 1 unspecified atom stereocenters. The number of nitrogens with zero attached hydrogens (tertiary/aromatic N) is 3. The van der Waals surface area contributed by atoms with Crippen molar-refractivity contribution in [1.29, 1.82) is 0 Å². The molecule has 0 aliphatic carbocycles. The summed E-state index contributed by atoms with van der Waals surface area (Å²) >= 11 is 0. The Bertz CT molecular complexity index is 517. The average Bonchev–Trinajstić information content (AvgIpc) is 2.97. The second kappa shape index (κ2) is 8.77. The van der Waals surface area contributed by atoms with E-state index in [4.69, 9.17) is 9.73 Å². The van der Waals surface area contributed by atoms with Gasteiger partial charge in [0.25, 0.3) is 0 Å². The average molecular weight is 318 g/mol. The van der Waals surface area contributed by atoms with Crippen LogP contribution in [0.4, 0.5) is 0 Å². The third-order valence-corrected chi connectivity index (χ3v) is 4.42. The van der Waals surface area contributed by atoms with Crippen LogP contribution in [-0.4, -0.2) is 62.6 Å². The number of hydrogen-bond acceptors (Lipinski definition) is 3. The van der Waals surface area contributed by atoms with Crippen LogP contribution in [0.5, 0.6) is 5.75 Å². The maximum absolute atomic E-state index is 5.45. The van der Waals surface area contributed by atoms with Gasteiger partial charge in [-0.15, -0.1) is 0 Å². The van der Waals surface area contributed by atoms with E-state index < -0.39 is 0 Å². The second-order valence-corrected chi connectivity index (χ2v) is 6.14. The van der Waals surface area contributed by atoms with Crippen molar-refractivity contribution in [3.63, 3.8) is 0 Å². The van der Waals surface area contributed by atoms with E-state index in [0.717, 1.165) is 31.3 Å². The summed E-state index contributed by atoms with van der Waals surface area (Å²) < 4.78 is 5.45. The molecule has 0 amide bonds. The van der Waals surface area contributed by atoms with Gasteiger partial charge in [-0.3, -0.25) is 4.99 Å². The first-order chi connectivity index (χ1) is 11.2. The first kappa shape index (κ1) is 17.6. The Morgan fingerprint density at radius 3 is 2.87 bits per heavy atom. The number of likely N-dealkylation sites (tertiary alicyclic amines) is 1. The second-order valence-electron chi connectivity index (χ2n) is 6.14. The fourth-order valence-corrected chi connectivity index (χ4v) is 3.04. The van der Waals surface area contributed by atoms with Crippen LogP contribution in [0.15, 0.2) is 29.3 Å². The summed E-state index contributed by atoms with van der Waals surface area (Å²) in [6.07, 6.45) is 2.53. The summed E-state index contributed by atoms with van der Waals surface area (Å²) in [5, 5.41) is 3.40. The lowest BCUT2D eigenvalue weighted by molar-refractivity contribution is 0.316. The minimum atomic E-state index is 0.573. The lowest BCUT2D eigenvalue weighted by Gasteiger charge is -2.24. The van der Waals surface area contributed by atoms with E-state index in [1.807, 2.05) is 18.2 Å². The summed E-state index contributed by atoms with van der Waals surface area (Å²) in [5.74, 6) is 1.88. The van der Waals surface area contributed by atoms with Gasteiger partial charge < -0.3 is 19.9 Å². The molecule has 1 aromatic carbocycles.